The second-order valence-electron chi connectivity index (χ2n) is 6.65. The van der Waals surface area contributed by atoms with Crippen LogP contribution in [0, 0.1) is 0 Å². The molecule has 0 aliphatic carbocycles. The number of carbonyl (C=O) groups is 1. The van der Waals surface area contributed by atoms with Crippen LogP contribution in [0.5, 0.6) is 5.75 Å². The van der Waals surface area contributed by atoms with Gasteiger partial charge in [0.15, 0.2) is 0 Å². The van der Waals surface area contributed by atoms with Crippen LogP contribution < -0.4 is 10.1 Å². The Balaban J connectivity index is 1.61. The lowest BCUT2D eigenvalue weighted by molar-refractivity contribution is 0.0670. The molecule has 3 rings (SSSR count). The van der Waals surface area contributed by atoms with Crippen LogP contribution in [-0.2, 0) is 4.74 Å². The second kappa shape index (κ2) is 9.16. The van der Waals surface area contributed by atoms with Crippen LogP contribution in [0.4, 0.5) is 0 Å². The highest BCUT2D eigenvalue weighted by Gasteiger charge is 2.20. The number of likely N-dealkylation sites (N-methyl/N-ethyl adjacent to an activating group) is 1. The number of thiophene rings is 1. The van der Waals surface area contributed by atoms with Gasteiger partial charge in [-0.25, -0.2) is 0 Å². The summed E-state index contributed by atoms with van der Waals surface area (Å²) in [7, 11) is 4.05. The number of para-hydroxylation sites is 1. The van der Waals surface area contributed by atoms with Crippen molar-refractivity contribution in [1.82, 2.24) is 10.2 Å². The van der Waals surface area contributed by atoms with Gasteiger partial charge in [0.2, 0.25) is 0 Å². The second-order valence-corrected chi connectivity index (χ2v) is 7.63. The molecule has 2 heterocycles. The van der Waals surface area contributed by atoms with Gasteiger partial charge in [0.25, 0.3) is 5.91 Å². The van der Waals surface area contributed by atoms with Gasteiger partial charge < -0.3 is 19.7 Å². The fourth-order valence-corrected chi connectivity index (χ4v) is 3.96. The van der Waals surface area contributed by atoms with Gasteiger partial charge in [-0.2, -0.15) is 0 Å². The largest absolute Gasteiger partial charge is 0.490 e. The average Bonchev–Trinajstić information content (AvgIpc) is 3.34. The van der Waals surface area contributed by atoms with Crippen molar-refractivity contribution in [2.75, 3.05) is 33.9 Å². The van der Waals surface area contributed by atoms with Crippen LogP contribution in [0.15, 0.2) is 41.8 Å². The highest BCUT2D eigenvalue weighted by atomic mass is 32.1. The summed E-state index contributed by atoms with van der Waals surface area (Å²) in [5.74, 6) is 0.495. The first-order valence-electron chi connectivity index (χ1n) is 8.96. The standard InChI is InChI=1S/C20H26N2O3S/c1-22(2)17(19-10-6-12-26-19)13-21-20(23)16-8-3-4-9-18(16)25-14-15-7-5-11-24-15/h3-4,6,8-10,12,15,17H,5,7,11,13-14H2,1-2H3,(H,21,23). The molecule has 0 radical (unpaired) electrons. The van der Waals surface area contributed by atoms with Crippen molar-refractivity contribution in [3.63, 3.8) is 0 Å². The van der Waals surface area contributed by atoms with E-state index < -0.39 is 0 Å². The highest BCUT2D eigenvalue weighted by Crippen LogP contribution is 2.24. The summed E-state index contributed by atoms with van der Waals surface area (Å²) in [5.41, 5.74) is 0.564. The van der Waals surface area contributed by atoms with Crippen LogP contribution in [0.25, 0.3) is 0 Å². The molecule has 1 N–H and O–H groups in total. The smallest absolute Gasteiger partial charge is 0.255 e. The number of hydrogen-bond acceptors (Lipinski definition) is 5. The molecule has 0 saturated carbocycles. The lowest BCUT2D eigenvalue weighted by Gasteiger charge is -2.23. The van der Waals surface area contributed by atoms with Crippen molar-refractivity contribution in [1.29, 1.82) is 0 Å². The molecule has 26 heavy (non-hydrogen) atoms. The Kier molecular flexibility index (Phi) is 6.66. The number of carbonyl (C=O) groups excluding carboxylic acids is 1. The normalized spacial score (nSPS) is 18.0. The Bertz CT molecular complexity index is 697. The van der Waals surface area contributed by atoms with E-state index in [4.69, 9.17) is 9.47 Å². The molecule has 1 saturated heterocycles. The number of ether oxygens (including phenoxy) is 2. The summed E-state index contributed by atoms with van der Waals surface area (Å²) in [4.78, 5) is 16.1. The van der Waals surface area contributed by atoms with Crippen LogP contribution in [0.1, 0.15) is 34.1 Å². The fraction of sp³-hybridized carbons (Fsp3) is 0.450. The molecular weight excluding hydrogens is 348 g/mol. The van der Waals surface area contributed by atoms with E-state index in [1.165, 1.54) is 4.88 Å². The molecule has 1 fully saturated rings. The van der Waals surface area contributed by atoms with Gasteiger partial charge in [-0.15, -0.1) is 11.3 Å². The fourth-order valence-electron chi connectivity index (χ4n) is 3.04. The first kappa shape index (κ1) is 18.9. The van der Waals surface area contributed by atoms with E-state index >= 15 is 0 Å². The minimum absolute atomic E-state index is 0.114. The molecule has 5 nitrogen and oxygen atoms in total. The molecule has 0 bridgehead atoms. The molecule has 1 aliphatic heterocycles. The minimum atomic E-state index is -0.114. The quantitative estimate of drug-likeness (QED) is 0.770. The van der Waals surface area contributed by atoms with Gasteiger partial charge in [0.05, 0.1) is 17.7 Å². The van der Waals surface area contributed by atoms with E-state index in [0.29, 0.717) is 24.5 Å². The van der Waals surface area contributed by atoms with Crippen molar-refractivity contribution >= 4 is 17.2 Å². The Morgan fingerprint density at radius 1 is 1.35 bits per heavy atom. The summed E-state index contributed by atoms with van der Waals surface area (Å²) < 4.78 is 11.5. The van der Waals surface area contributed by atoms with Gasteiger partial charge in [-0.3, -0.25) is 4.79 Å². The summed E-state index contributed by atoms with van der Waals surface area (Å²) in [5, 5.41) is 5.11. The van der Waals surface area contributed by atoms with Gasteiger partial charge >= 0.3 is 0 Å². The monoisotopic (exact) mass is 374 g/mol. The zero-order valence-electron chi connectivity index (χ0n) is 15.3. The third kappa shape index (κ3) is 4.84. The van der Waals surface area contributed by atoms with Crippen molar-refractivity contribution in [2.45, 2.75) is 25.0 Å². The molecule has 1 amide bonds. The molecule has 1 aromatic carbocycles. The number of benzene rings is 1. The number of nitrogens with one attached hydrogen (secondary N) is 1. The molecule has 2 unspecified atom stereocenters. The van der Waals surface area contributed by atoms with Crippen LogP contribution in [0.2, 0.25) is 0 Å². The summed E-state index contributed by atoms with van der Waals surface area (Å²) in [6.07, 6.45) is 2.22. The molecule has 1 aromatic heterocycles. The maximum absolute atomic E-state index is 12.7. The average molecular weight is 375 g/mol. The first-order valence-corrected chi connectivity index (χ1v) is 9.84. The van der Waals surface area contributed by atoms with Crippen LogP contribution in [0.3, 0.4) is 0 Å². The van der Waals surface area contributed by atoms with E-state index in [9.17, 15) is 4.79 Å². The van der Waals surface area contributed by atoms with Crippen LogP contribution >= 0.6 is 11.3 Å². The zero-order chi connectivity index (χ0) is 18.4. The Labute approximate surface area is 158 Å². The van der Waals surface area contributed by atoms with E-state index in [1.807, 2.05) is 38.4 Å². The van der Waals surface area contributed by atoms with Crippen molar-refractivity contribution in [3.05, 3.63) is 52.2 Å². The maximum atomic E-state index is 12.7. The first-order chi connectivity index (χ1) is 12.6. The maximum Gasteiger partial charge on any atom is 0.255 e. The van der Waals surface area contributed by atoms with Gasteiger partial charge in [-0.05, 0) is 50.5 Å². The van der Waals surface area contributed by atoms with E-state index in [1.54, 1.807) is 17.4 Å². The van der Waals surface area contributed by atoms with Crippen molar-refractivity contribution in [2.24, 2.45) is 0 Å². The van der Waals surface area contributed by atoms with Gasteiger partial charge in [0, 0.05) is 18.0 Å². The van der Waals surface area contributed by atoms with Crippen LogP contribution in [-0.4, -0.2) is 50.8 Å². The van der Waals surface area contributed by atoms with Gasteiger partial charge in [-0.1, -0.05) is 18.2 Å². The molecule has 6 heteroatoms. The Morgan fingerprint density at radius 2 is 2.19 bits per heavy atom. The topological polar surface area (TPSA) is 50.8 Å². The summed E-state index contributed by atoms with van der Waals surface area (Å²) in [6, 6.07) is 11.7. The van der Waals surface area contributed by atoms with Crippen molar-refractivity contribution < 1.29 is 14.3 Å². The summed E-state index contributed by atoms with van der Waals surface area (Å²) in [6.45, 7) is 1.83. The highest BCUT2D eigenvalue weighted by molar-refractivity contribution is 7.10. The Hall–Kier alpha value is -1.89. The van der Waals surface area contributed by atoms with E-state index in [2.05, 4.69) is 21.7 Å². The Morgan fingerprint density at radius 3 is 2.88 bits per heavy atom. The molecule has 2 atom stereocenters. The molecule has 1 aliphatic rings. The molecule has 2 aromatic rings. The van der Waals surface area contributed by atoms with Gasteiger partial charge in [0.1, 0.15) is 12.4 Å². The number of hydrogen-bond donors (Lipinski definition) is 1. The number of amides is 1. The SMILES string of the molecule is CN(C)C(CNC(=O)c1ccccc1OCC1CCCO1)c1cccs1. The predicted molar refractivity (Wildman–Crippen MR) is 104 cm³/mol. The molecule has 140 valence electrons. The third-order valence-electron chi connectivity index (χ3n) is 4.53. The van der Waals surface area contributed by atoms with Crippen molar-refractivity contribution in [3.8, 4) is 5.75 Å². The molecular formula is C20H26N2O3S. The third-order valence-corrected chi connectivity index (χ3v) is 5.50. The summed E-state index contributed by atoms with van der Waals surface area (Å²) >= 11 is 1.70. The molecule has 0 spiro atoms. The van der Waals surface area contributed by atoms with E-state index in [0.717, 1.165) is 19.4 Å². The zero-order valence-corrected chi connectivity index (χ0v) is 16.1. The minimum Gasteiger partial charge on any atom is -0.490 e. The lowest BCUT2D eigenvalue weighted by atomic mass is 10.1. The number of rotatable bonds is 8. The van der Waals surface area contributed by atoms with E-state index in [-0.39, 0.29) is 18.1 Å². The lowest BCUT2D eigenvalue weighted by Crippen LogP contribution is -2.34. The predicted octanol–water partition coefficient (Wildman–Crippen LogP) is 3.34. The number of nitrogens with zero attached hydrogens (tertiary/aromatic N) is 1.